The van der Waals surface area contributed by atoms with Crippen molar-refractivity contribution in [1.29, 1.82) is 0 Å². The number of sulfonamides is 1. The molecule has 2 aromatic rings. The Morgan fingerprint density at radius 1 is 1.24 bits per heavy atom. The van der Waals surface area contributed by atoms with Gasteiger partial charge in [0.15, 0.2) is 0 Å². The zero-order chi connectivity index (χ0) is 15.5. The molecule has 0 aromatic heterocycles. The van der Waals surface area contributed by atoms with Gasteiger partial charge in [-0.05, 0) is 29.8 Å². The van der Waals surface area contributed by atoms with E-state index >= 15 is 0 Å². The van der Waals surface area contributed by atoms with E-state index < -0.39 is 10.0 Å². The molecule has 0 aliphatic heterocycles. The second-order valence-electron chi connectivity index (χ2n) is 4.36. The van der Waals surface area contributed by atoms with Crippen LogP contribution in [-0.4, -0.2) is 15.5 Å². The average molecular weight is 327 g/mol. The van der Waals surface area contributed by atoms with Crippen LogP contribution in [0.15, 0.2) is 47.4 Å². The number of nitrogen functional groups attached to an aromatic ring is 1. The number of hydrogen-bond acceptors (Lipinski definition) is 4. The molecule has 2 aromatic carbocycles. The van der Waals surface area contributed by atoms with Crippen LogP contribution < -0.4 is 15.2 Å². The quantitative estimate of drug-likeness (QED) is 0.827. The van der Waals surface area contributed by atoms with Crippen molar-refractivity contribution in [1.82, 2.24) is 4.72 Å². The Bertz CT molecular complexity index is 748. The highest BCUT2D eigenvalue weighted by molar-refractivity contribution is 7.89. The minimum Gasteiger partial charge on any atom is -0.495 e. The molecular weight excluding hydrogens is 312 g/mol. The van der Waals surface area contributed by atoms with Gasteiger partial charge in [0, 0.05) is 17.6 Å². The molecule has 5 nitrogen and oxygen atoms in total. The molecule has 0 aliphatic rings. The number of hydrogen-bond donors (Lipinski definition) is 2. The standard InChI is InChI=1S/C14H15ClN2O3S/c1-20-14-8-12(5-6-13(14)16)21(18,19)17-9-10-3-2-4-11(15)7-10/h2-8,17H,9,16H2,1H3. The summed E-state index contributed by atoms with van der Waals surface area (Å²) in [5, 5.41) is 0.556. The van der Waals surface area contributed by atoms with Gasteiger partial charge in [-0.1, -0.05) is 23.7 Å². The molecule has 0 saturated carbocycles. The highest BCUT2D eigenvalue weighted by atomic mass is 35.5. The van der Waals surface area contributed by atoms with Gasteiger partial charge in [0.2, 0.25) is 10.0 Å². The number of benzene rings is 2. The summed E-state index contributed by atoms with van der Waals surface area (Å²) in [6, 6.07) is 11.3. The molecule has 0 unspecified atom stereocenters. The molecule has 0 bridgehead atoms. The summed E-state index contributed by atoms with van der Waals surface area (Å²) in [5.41, 5.74) is 6.82. The first-order valence-electron chi connectivity index (χ1n) is 6.10. The van der Waals surface area contributed by atoms with Crippen LogP contribution in [0.2, 0.25) is 5.02 Å². The van der Waals surface area contributed by atoms with Gasteiger partial charge in [-0.3, -0.25) is 0 Å². The number of ether oxygens (including phenoxy) is 1. The number of rotatable bonds is 5. The van der Waals surface area contributed by atoms with Crippen LogP contribution in [-0.2, 0) is 16.6 Å². The Labute approximate surface area is 128 Å². The van der Waals surface area contributed by atoms with Crippen molar-refractivity contribution in [2.24, 2.45) is 0 Å². The lowest BCUT2D eigenvalue weighted by Crippen LogP contribution is -2.23. The fourth-order valence-electron chi connectivity index (χ4n) is 1.77. The minimum absolute atomic E-state index is 0.0931. The number of methoxy groups -OCH3 is 1. The second-order valence-corrected chi connectivity index (χ2v) is 6.56. The summed E-state index contributed by atoms with van der Waals surface area (Å²) < 4.78 is 32.0. The van der Waals surface area contributed by atoms with Gasteiger partial charge in [0.05, 0.1) is 17.7 Å². The van der Waals surface area contributed by atoms with Gasteiger partial charge < -0.3 is 10.5 Å². The summed E-state index contributed by atoms with van der Waals surface area (Å²) in [5.74, 6) is 0.320. The van der Waals surface area contributed by atoms with Crippen LogP contribution in [0.5, 0.6) is 5.75 Å². The van der Waals surface area contributed by atoms with Crippen molar-refractivity contribution >= 4 is 27.3 Å². The molecule has 112 valence electrons. The molecule has 0 spiro atoms. The molecule has 0 radical (unpaired) electrons. The van der Waals surface area contributed by atoms with Crippen molar-refractivity contribution in [3.63, 3.8) is 0 Å². The number of anilines is 1. The predicted octanol–water partition coefficient (Wildman–Crippen LogP) is 2.41. The molecule has 0 heterocycles. The summed E-state index contributed by atoms with van der Waals surface area (Å²) >= 11 is 5.86. The Balaban J connectivity index is 2.18. The van der Waals surface area contributed by atoms with Crippen LogP contribution in [0.1, 0.15) is 5.56 Å². The molecule has 3 N–H and O–H groups in total. The molecule has 0 aliphatic carbocycles. The van der Waals surface area contributed by atoms with Crippen LogP contribution in [0, 0.1) is 0 Å². The normalized spacial score (nSPS) is 11.3. The van der Waals surface area contributed by atoms with E-state index in [0.29, 0.717) is 16.5 Å². The summed E-state index contributed by atoms with van der Waals surface area (Å²) in [6.45, 7) is 0.148. The zero-order valence-electron chi connectivity index (χ0n) is 11.3. The molecule has 21 heavy (non-hydrogen) atoms. The van der Waals surface area contributed by atoms with Gasteiger partial charge in [-0.25, -0.2) is 13.1 Å². The third kappa shape index (κ3) is 3.87. The maximum absolute atomic E-state index is 12.2. The Morgan fingerprint density at radius 2 is 2.00 bits per heavy atom. The highest BCUT2D eigenvalue weighted by Gasteiger charge is 2.15. The maximum atomic E-state index is 12.2. The topological polar surface area (TPSA) is 81.4 Å². The second kappa shape index (κ2) is 6.34. The Morgan fingerprint density at radius 3 is 2.67 bits per heavy atom. The number of nitrogens with two attached hydrogens (primary N) is 1. The molecule has 0 saturated heterocycles. The van der Waals surface area contributed by atoms with E-state index in [1.54, 1.807) is 24.3 Å². The van der Waals surface area contributed by atoms with E-state index in [9.17, 15) is 8.42 Å². The van der Waals surface area contributed by atoms with Gasteiger partial charge in [-0.15, -0.1) is 0 Å². The third-order valence-corrected chi connectivity index (χ3v) is 4.50. The maximum Gasteiger partial charge on any atom is 0.241 e. The van der Waals surface area contributed by atoms with Gasteiger partial charge >= 0.3 is 0 Å². The van der Waals surface area contributed by atoms with E-state index in [4.69, 9.17) is 22.1 Å². The minimum atomic E-state index is -3.65. The lowest BCUT2D eigenvalue weighted by molar-refractivity contribution is 0.415. The fraction of sp³-hybridized carbons (Fsp3) is 0.143. The predicted molar refractivity (Wildman–Crippen MR) is 82.9 cm³/mol. The third-order valence-electron chi connectivity index (χ3n) is 2.87. The van der Waals surface area contributed by atoms with Crippen molar-refractivity contribution < 1.29 is 13.2 Å². The lowest BCUT2D eigenvalue weighted by atomic mass is 10.2. The summed E-state index contributed by atoms with van der Waals surface area (Å²) in [4.78, 5) is 0.0931. The van der Waals surface area contributed by atoms with E-state index in [0.717, 1.165) is 5.56 Å². The molecule has 0 atom stereocenters. The molecule has 7 heteroatoms. The van der Waals surface area contributed by atoms with E-state index in [-0.39, 0.29) is 11.4 Å². The van der Waals surface area contributed by atoms with E-state index in [2.05, 4.69) is 4.72 Å². The van der Waals surface area contributed by atoms with Crippen molar-refractivity contribution in [2.45, 2.75) is 11.4 Å². The molecule has 0 fully saturated rings. The smallest absolute Gasteiger partial charge is 0.241 e. The van der Waals surface area contributed by atoms with Crippen molar-refractivity contribution in [2.75, 3.05) is 12.8 Å². The Kier molecular flexibility index (Phi) is 4.72. The summed E-state index contributed by atoms with van der Waals surface area (Å²) in [7, 11) is -2.22. The lowest BCUT2D eigenvalue weighted by Gasteiger charge is -2.10. The van der Waals surface area contributed by atoms with Crippen LogP contribution in [0.25, 0.3) is 0 Å². The average Bonchev–Trinajstić information content (AvgIpc) is 2.46. The van der Waals surface area contributed by atoms with Crippen LogP contribution in [0.4, 0.5) is 5.69 Å². The van der Waals surface area contributed by atoms with Crippen LogP contribution in [0.3, 0.4) is 0 Å². The number of nitrogens with one attached hydrogen (secondary N) is 1. The van der Waals surface area contributed by atoms with E-state index in [1.165, 1.54) is 25.3 Å². The molecule has 0 amide bonds. The SMILES string of the molecule is COc1cc(S(=O)(=O)NCc2cccc(Cl)c2)ccc1N. The molecule has 2 rings (SSSR count). The van der Waals surface area contributed by atoms with Gasteiger partial charge in [0.25, 0.3) is 0 Å². The summed E-state index contributed by atoms with van der Waals surface area (Å²) in [6.07, 6.45) is 0. The highest BCUT2D eigenvalue weighted by Crippen LogP contribution is 2.24. The van der Waals surface area contributed by atoms with Crippen molar-refractivity contribution in [3.05, 3.63) is 53.1 Å². The van der Waals surface area contributed by atoms with E-state index in [1.807, 2.05) is 0 Å². The van der Waals surface area contributed by atoms with Gasteiger partial charge in [0.1, 0.15) is 5.75 Å². The zero-order valence-corrected chi connectivity index (χ0v) is 12.9. The fourth-order valence-corrected chi connectivity index (χ4v) is 3.01. The molecular formula is C14H15ClN2O3S. The largest absolute Gasteiger partial charge is 0.495 e. The van der Waals surface area contributed by atoms with Crippen molar-refractivity contribution in [3.8, 4) is 5.75 Å². The monoisotopic (exact) mass is 326 g/mol. The first-order chi connectivity index (χ1) is 9.92. The Hall–Kier alpha value is -1.76. The van der Waals surface area contributed by atoms with Crippen LogP contribution >= 0.6 is 11.6 Å². The first-order valence-corrected chi connectivity index (χ1v) is 7.96. The number of halogens is 1. The van der Waals surface area contributed by atoms with Gasteiger partial charge in [-0.2, -0.15) is 0 Å². The first kappa shape index (κ1) is 15.6.